The molecule has 1 atom stereocenters. The number of piperidine rings is 1. The Hall–Kier alpha value is -2.93. The number of nitrogens with zero attached hydrogens (tertiary/aromatic N) is 4. The summed E-state index contributed by atoms with van der Waals surface area (Å²) in [5.41, 5.74) is 4.03. The molecule has 3 aromatic rings. The second-order valence-electron chi connectivity index (χ2n) is 8.19. The van der Waals surface area contributed by atoms with Crippen molar-refractivity contribution in [1.29, 1.82) is 0 Å². The zero-order chi connectivity index (χ0) is 22.7. The summed E-state index contributed by atoms with van der Waals surface area (Å²) in [4.78, 5) is 26.0. The van der Waals surface area contributed by atoms with Crippen LogP contribution in [0, 0.1) is 0 Å². The predicted octanol–water partition coefficient (Wildman–Crippen LogP) is 5.00. The number of hydrogen-bond acceptors (Lipinski definition) is 5. The van der Waals surface area contributed by atoms with Gasteiger partial charge in [0.1, 0.15) is 5.75 Å². The van der Waals surface area contributed by atoms with Gasteiger partial charge in [0.2, 0.25) is 5.95 Å². The van der Waals surface area contributed by atoms with Crippen LogP contribution in [0.5, 0.6) is 5.75 Å². The number of carbonyl (C=O) groups is 1. The maximum absolute atomic E-state index is 13.2. The van der Waals surface area contributed by atoms with Crippen LogP contribution in [0.3, 0.4) is 0 Å². The van der Waals surface area contributed by atoms with Crippen LogP contribution in [0.2, 0.25) is 0 Å². The van der Waals surface area contributed by atoms with Gasteiger partial charge in [-0.2, -0.15) is 0 Å². The Balaban J connectivity index is 1.57. The zero-order valence-corrected chi connectivity index (χ0v) is 20.2. The SMILES string of the molecule is COc1ccc(C(=O)N2CCCC(c3ccccc3-c3cnc(N(C)C)nc3)C2)cc1Br. The van der Waals surface area contributed by atoms with Crippen molar-refractivity contribution in [2.24, 2.45) is 0 Å². The van der Waals surface area contributed by atoms with E-state index in [-0.39, 0.29) is 11.8 Å². The van der Waals surface area contributed by atoms with E-state index in [1.165, 1.54) is 5.56 Å². The standard InChI is InChI=1S/C25H27BrN4O2/c1-29(2)25-27-14-19(15-28-25)21-9-5-4-8-20(21)18-7-6-12-30(16-18)24(31)17-10-11-23(32-3)22(26)13-17/h4-5,8-11,13-15,18H,6-7,12,16H2,1-3H3. The molecule has 0 radical (unpaired) electrons. The first-order valence-corrected chi connectivity index (χ1v) is 11.5. The Morgan fingerprint density at radius 3 is 2.59 bits per heavy atom. The molecule has 32 heavy (non-hydrogen) atoms. The van der Waals surface area contributed by atoms with Gasteiger partial charge in [0.25, 0.3) is 5.91 Å². The van der Waals surface area contributed by atoms with Crippen LogP contribution in [-0.2, 0) is 0 Å². The number of hydrogen-bond donors (Lipinski definition) is 0. The Morgan fingerprint density at radius 1 is 1.16 bits per heavy atom. The van der Waals surface area contributed by atoms with E-state index in [0.29, 0.717) is 18.1 Å². The molecule has 2 heterocycles. The summed E-state index contributed by atoms with van der Waals surface area (Å²) in [6, 6.07) is 13.9. The van der Waals surface area contributed by atoms with Crippen LogP contribution in [0.15, 0.2) is 59.3 Å². The lowest BCUT2D eigenvalue weighted by atomic mass is 9.86. The van der Waals surface area contributed by atoms with E-state index in [1.807, 2.05) is 60.6 Å². The maximum atomic E-state index is 13.2. The number of aromatic nitrogens is 2. The number of amides is 1. The molecule has 1 unspecified atom stereocenters. The molecule has 0 N–H and O–H groups in total. The van der Waals surface area contributed by atoms with Gasteiger partial charge in [-0.1, -0.05) is 24.3 Å². The van der Waals surface area contributed by atoms with Crippen LogP contribution in [0.1, 0.15) is 34.7 Å². The number of rotatable bonds is 5. The van der Waals surface area contributed by atoms with Gasteiger partial charge < -0.3 is 14.5 Å². The predicted molar refractivity (Wildman–Crippen MR) is 130 cm³/mol. The Bertz CT molecular complexity index is 1100. The van der Waals surface area contributed by atoms with Crippen LogP contribution >= 0.6 is 15.9 Å². The summed E-state index contributed by atoms with van der Waals surface area (Å²) in [7, 11) is 5.48. The third kappa shape index (κ3) is 4.63. The number of benzene rings is 2. The normalized spacial score (nSPS) is 16.0. The van der Waals surface area contributed by atoms with Crippen LogP contribution in [0.4, 0.5) is 5.95 Å². The van der Waals surface area contributed by atoms with E-state index in [1.54, 1.807) is 7.11 Å². The molecule has 1 aliphatic rings. The molecule has 1 aliphatic heterocycles. The summed E-state index contributed by atoms with van der Waals surface area (Å²) < 4.78 is 6.07. The number of carbonyl (C=O) groups excluding carboxylic acids is 1. The maximum Gasteiger partial charge on any atom is 0.253 e. The topological polar surface area (TPSA) is 58.6 Å². The lowest BCUT2D eigenvalue weighted by Gasteiger charge is -2.34. The first kappa shape index (κ1) is 22.3. The minimum absolute atomic E-state index is 0.0502. The second-order valence-corrected chi connectivity index (χ2v) is 9.05. The number of halogens is 1. The smallest absolute Gasteiger partial charge is 0.253 e. The van der Waals surface area contributed by atoms with E-state index in [0.717, 1.165) is 40.7 Å². The number of anilines is 1. The lowest BCUT2D eigenvalue weighted by Crippen LogP contribution is -2.39. The van der Waals surface area contributed by atoms with Crippen molar-refractivity contribution >= 4 is 27.8 Å². The van der Waals surface area contributed by atoms with Gasteiger partial charge in [-0.05, 0) is 58.1 Å². The van der Waals surface area contributed by atoms with Crippen LogP contribution in [0.25, 0.3) is 11.1 Å². The molecule has 0 bridgehead atoms. The molecular formula is C25H27BrN4O2. The summed E-state index contributed by atoms with van der Waals surface area (Å²) >= 11 is 3.49. The quantitative estimate of drug-likeness (QED) is 0.499. The zero-order valence-electron chi connectivity index (χ0n) is 18.6. The van der Waals surface area contributed by atoms with Crippen molar-refractivity contribution in [3.8, 4) is 16.9 Å². The Morgan fingerprint density at radius 2 is 1.91 bits per heavy atom. The first-order chi connectivity index (χ1) is 15.5. The fourth-order valence-corrected chi connectivity index (χ4v) is 4.75. The fourth-order valence-electron chi connectivity index (χ4n) is 4.20. The first-order valence-electron chi connectivity index (χ1n) is 10.7. The average Bonchev–Trinajstić information content (AvgIpc) is 2.83. The number of ether oxygens (including phenoxy) is 1. The van der Waals surface area contributed by atoms with Gasteiger partial charge in [0, 0.05) is 56.6 Å². The molecular weight excluding hydrogens is 468 g/mol. The van der Waals surface area contributed by atoms with Crippen molar-refractivity contribution in [3.05, 3.63) is 70.5 Å². The average molecular weight is 495 g/mol. The third-order valence-corrected chi connectivity index (χ3v) is 6.48. The van der Waals surface area contributed by atoms with E-state index in [2.05, 4.69) is 44.1 Å². The van der Waals surface area contributed by atoms with Crippen molar-refractivity contribution in [1.82, 2.24) is 14.9 Å². The van der Waals surface area contributed by atoms with Crippen LogP contribution in [-0.4, -0.2) is 55.1 Å². The molecule has 166 valence electrons. The minimum Gasteiger partial charge on any atom is -0.496 e. The van der Waals surface area contributed by atoms with Crippen molar-refractivity contribution < 1.29 is 9.53 Å². The molecule has 0 spiro atoms. The number of methoxy groups -OCH3 is 1. The van der Waals surface area contributed by atoms with Gasteiger partial charge in [0.15, 0.2) is 0 Å². The molecule has 2 aromatic carbocycles. The molecule has 1 amide bonds. The highest BCUT2D eigenvalue weighted by molar-refractivity contribution is 9.10. The van der Waals surface area contributed by atoms with Gasteiger partial charge in [-0.25, -0.2) is 9.97 Å². The van der Waals surface area contributed by atoms with Crippen LogP contribution < -0.4 is 9.64 Å². The van der Waals surface area contributed by atoms with Gasteiger partial charge >= 0.3 is 0 Å². The molecule has 1 saturated heterocycles. The Labute approximate surface area is 197 Å². The highest BCUT2D eigenvalue weighted by Gasteiger charge is 2.27. The van der Waals surface area contributed by atoms with Gasteiger partial charge in [0.05, 0.1) is 11.6 Å². The van der Waals surface area contributed by atoms with Crippen molar-refractivity contribution in [3.63, 3.8) is 0 Å². The molecule has 0 aliphatic carbocycles. The van der Waals surface area contributed by atoms with Crippen molar-refractivity contribution in [2.75, 3.05) is 39.2 Å². The van der Waals surface area contributed by atoms with Crippen molar-refractivity contribution in [2.45, 2.75) is 18.8 Å². The minimum atomic E-state index is 0.0502. The monoisotopic (exact) mass is 494 g/mol. The van der Waals surface area contributed by atoms with E-state index in [4.69, 9.17) is 4.74 Å². The molecule has 4 rings (SSSR count). The Kier molecular flexibility index (Phi) is 6.74. The van der Waals surface area contributed by atoms with E-state index < -0.39 is 0 Å². The van der Waals surface area contributed by atoms with Gasteiger partial charge in [-0.3, -0.25) is 4.79 Å². The number of likely N-dealkylation sites (tertiary alicyclic amines) is 1. The molecule has 1 fully saturated rings. The highest BCUT2D eigenvalue weighted by Crippen LogP contribution is 2.35. The molecule has 7 heteroatoms. The highest BCUT2D eigenvalue weighted by atomic mass is 79.9. The third-order valence-electron chi connectivity index (χ3n) is 5.86. The summed E-state index contributed by atoms with van der Waals surface area (Å²) in [5.74, 6) is 1.72. The largest absolute Gasteiger partial charge is 0.496 e. The lowest BCUT2D eigenvalue weighted by molar-refractivity contribution is 0.0707. The molecule has 1 aromatic heterocycles. The fraction of sp³-hybridized carbons (Fsp3) is 0.320. The summed E-state index contributed by atoms with van der Waals surface area (Å²) in [6.07, 6.45) is 5.77. The summed E-state index contributed by atoms with van der Waals surface area (Å²) in [5, 5.41) is 0. The second kappa shape index (κ2) is 9.69. The molecule has 0 saturated carbocycles. The van der Waals surface area contributed by atoms with E-state index >= 15 is 0 Å². The van der Waals surface area contributed by atoms with Gasteiger partial charge in [-0.15, -0.1) is 0 Å². The molecule has 6 nitrogen and oxygen atoms in total. The summed E-state index contributed by atoms with van der Waals surface area (Å²) in [6.45, 7) is 1.46. The van der Waals surface area contributed by atoms with E-state index in [9.17, 15) is 4.79 Å².